The minimum atomic E-state index is -3.55. The van der Waals surface area contributed by atoms with Crippen LogP contribution in [0.3, 0.4) is 0 Å². The van der Waals surface area contributed by atoms with E-state index in [-0.39, 0.29) is 4.90 Å². The quantitative estimate of drug-likeness (QED) is 0.895. The van der Waals surface area contributed by atoms with E-state index in [2.05, 4.69) is 9.62 Å². The van der Waals surface area contributed by atoms with Crippen molar-refractivity contribution in [2.24, 2.45) is 5.92 Å². The summed E-state index contributed by atoms with van der Waals surface area (Å²) in [7, 11) is -3.55. The van der Waals surface area contributed by atoms with E-state index < -0.39 is 10.0 Å². The highest BCUT2D eigenvalue weighted by molar-refractivity contribution is 7.89. The molecular formula is C16H21N3O2S. The Morgan fingerprint density at radius 2 is 2.14 bits per heavy atom. The molecule has 2 aliphatic rings. The molecule has 1 unspecified atom stereocenters. The second-order valence-electron chi connectivity index (χ2n) is 6.32. The van der Waals surface area contributed by atoms with Crippen molar-refractivity contribution >= 4 is 10.0 Å². The van der Waals surface area contributed by atoms with Gasteiger partial charge in [-0.15, -0.1) is 0 Å². The van der Waals surface area contributed by atoms with E-state index in [9.17, 15) is 8.42 Å². The summed E-state index contributed by atoms with van der Waals surface area (Å²) in [5, 5.41) is 8.94. The van der Waals surface area contributed by atoms with Gasteiger partial charge in [0.1, 0.15) is 0 Å². The third-order valence-electron chi connectivity index (χ3n) is 4.55. The Kier molecular flexibility index (Phi) is 4.22. The summed E-state index contributed by atoms with van der Waals surface area (Å²) in [6.07, 6.45) is 3.63. The van der Waals surface area contributed by atoms with Gasteiger partial charge >= 0.3 is 0 Å². The minimum Gasteiger partial charge on any atom is -0.300 e. The van der Waals surface area contributed by atoms with E-state index in [4.69, 9.17) is 5.26 Å². The lowest BCUT2D eigenvalue weighted by atomic mass is 10.1. The molecule has 1 saturated carbocycles. The Hall–Kier alpha value is -1.42. The molecule has 5 nitrogen and oxygen atoms in total. The predicted molar refractivity (Wildman–Crippen MR) is 83.8 cm³/mol. The van der Waals surface area contributed by atoms with Crippen LogP contribution >= 0.6 is 0 Å². The Balaban J connectivity index is 1.65. The van der Waals surface area contributed by atoms with E-state index in [0.29, 0.717) is 23.6 Å². The number of rotatable bonds is 5. The zero-order valence-electron chi connectivity index (χ0n) is 12.7. The summed E-state index contributed by atoms with van der Waals surface area (Å²) in [6.45, 7) is 4.30. The maximum absolute atomic E-state index is 12.5. The lowest BCUT2D eigenvalue weighted by molar-refractivity contribution is 0.314. The predicted octanol–water partition coefficient (Wildman–Crippen LogP) is 1.63. The molecule has 3 rings (SSSR count). The molecule has 22 heavy (non-hydrogen) atoms. The molecule has 6 heteroatoms. The highest BCUT2D eigenvalue weighted by Gasteiger charge is 2.34. The van der Waals surface area contributed by atoms with Crippen LogP contribution in [0.2, 0.25) is 0 Å². The minimum absolute atomic E-state index is 0.212. The first-order valence-electron chi connectivity index (χ1n) is 7.74. The number of likely N-dealkylation sites (tertiary alicyclic amines) is 1. The summed E-state index contributed by atoms with van der Waals surface area (Å²) in [4.78, 5) is 2.68. The monoisotopic (exact) mass is 319 g/mol. The Morgan fingerprint density at radius 3 is 2.82 bits per heavy atom. The molecule has 1 aliphatic carbocycles. The van der Waals surface area contributed by atoms with Gasteiger partial charge in [-0.1, -0.05) is 6.07 Å². The summed E-state index contributed by atoms with van der Waals surface area (Å²) in [6, 6.07) is 7.50. The van der Waals surface area contributed by atoms with Crippen molar-refractivity contribution in [3.63, 3.8) is 0 Å². The van der Waals surface area contributed by atoms with Crippen LogP contribution in [0.4, 0.5) is 0 Å². The van der Waals surface area contributed by atoms with Gasteiger partial charge in [0.25, 0.3) is 0 Å². The van der Waals surface area contributed by atoms with E-state index in [0.717, 1.165) is 25.6 Å². The summed E-state index contributed by atoms with van der Waals surface area (Å²) < 4.78 is 27.7. The van der Waals surface area contributed by atoms with E-state index in [1.807, 2.05) is 6.07 Å². The molecule has 0 bridgehead atoms. The van der Waals surface area contributed by atoms with E-state index >= 15 is 0 Å². The van der Waals surface area contributed by atoms with Crippen LogP contribution in [0.1, 0.15) is 30.4 Å². The first-order valence-corrected chi connectivity index (χ1v) is 9.22. The van der Waals surface area contributed by atoms with Crippen LogP contribution in [0.15, 0.2) is 23.1 Å². The largest absolute Gasteiger partial charge is 0.300 e. The fourth-order valence-corrected chi connectivity index (χ4v) is 4.45. The van der Waals surface area contributed by atoms with Crippen molar-refractivity contribution in [1.29, 1.82) is 5.26 Å². The smallest absolute Gasteiger partial charge is 0.240 e. The fraction of sp³-hybridized carbons (Fsp3) is 0.562. The van der Waals surface area contributed by atoms with Crippen molar-refractivity contribution < 1.29 is 8.42 Å². The Morgan fingerprint density at radius 1 is 1.36 bits per heavy atom. The van der Waals surface area contributed by atoms with Gasteiger partial charge in [-0.2, -0.15) is 5.26 Å². The van der Waals surface area contributed by atoms with Crippen molar-refractivity contribution in [3.8, 4) is 6.07 Å². The molecule has 1 aromatic rings. The SMILES string of the molecule is Cc1ccc(C#N)cc1S(=O)(=O)NCC1CCN(C2CC2)C1. The molecule has 1 saturated heterocycles. The molecule has 0 aromatic heterocycles. The number of nitriles is 1. The number of hydrogen-bond donors (Lipinski definition) is 1. The van der Waals surface area contributed by atoms with Gasteiger partial charge in [-0.25, -0.2) is 13.1 Å². The van der Waals surface area contributed by atoms with Crippen LogP contribution < -0.4 is 4.72 Å². The van der Waals surface area contributed by atoms with Gasteiger partial charge in [0.2, 0.25) is 10.0 Å². The molecule has 1 atom stereocenters. The second kappa shape index (κ2) is 5.99. The molecule has 0 radical (unpaired) electrons. The van der Waals surface area contributed by atoms with Gasteiger partial charge < -0.3 is 4.90 Å². The first-order chi connectivity index (χ1) is 10.5. The lowest BCUT2D eigenvalue weighted by Gasteiger charge is -2.15. The molecule has 1 N–H and O–H groups in total. The van der Waals surface area contributed by atoms with Crippen LogP contribution in [0.25, 0.3) is 0 Å². The summed E-state index contributed by atoms with van der Waals surface area (Å²) >= 11 is 0. The van der Waals surface area contributed by atoms with Gasteiger partial charge in [-0.05, 0) is 56.3 Å². The molecule has 1 heterocycles. The lowest BCUT2D eigenvalue weighted by Crippen LogP contribution is -2.32. The average Bonchev–Trinajstić information content (AvgIpc) is 3.24. The van der Waals surface area contributed by atoms with E-state index in [1.165, 1.54) is 18.9 Å². The van der Waals surface area contributed by atoms with E-state index in [1.54, 1.807) is 19.1 Å². The van der Waals surface area contributed by atoms with Crippen LogP contribution in [-0.2, 0) is 10.0 Å². The first kappa shape index (κ1) is 15.5. The van der Waals surface area contributed by atoms with Gasteiger partial charge in [0, 0.05) is 19.1 Å². The topological polar surface area (TPSA) is 73.2 Å². The molecular weight excluding hydrogens is 298 g/mol. The molecule has 118 valence electrons. The van der Waals surface area contributed by atoms with Crippen LogP contribution in [0.5, 0.6) is 0 Å². The number of benzene rings is 1. The zero-order valence-corrected chi connectivity index (χ0v) is 13.6. The maximum atomic E-state index is 12.5. The van der Waals surface area contributed by atoms with Crippen LogP contribution in [0, 0.1) is 24.2 Å². The number of aryl methyl sites for hydroxylation is 1. The average molecular weight is 319 g/mol. The highest BCUT2D eigenvalue weighted by Crippen LogP contribution is 2.31. The molecule has 1 aliphatic heterocycles. The fourth-order valence-electron chi connectivity index (χ4n) is 3.07. The van der Waals surface area contributed by atoms with Gasteiger partial charge in [-0.3, -0.25) is 0 Å². The second-order valence-corrected chi connectivity index (χ2v) is 8.06. The van der Waals surface area contributed by atoms with Crippen molar-refractivity contribution in [2.45, 2.75) is 37.1 Å². The molecule has 2 fully saturated rings. The van der Waals surface area contributed by atoms with Gasteiger partial charge in [0.05, 0.1) is 16.5 Å². The molecule has 1 aromatic carbocycles. The summed E-state index contributed by atoms with van der Waals surface area (Å²) in [5.74, 6) is 0.384. The normalized spacial score (nSPS) is 22.6. The van der Waals surface area contributed by atoms with Crippen molar-refractivity contribution in [2.75, 3.05) is 19.6 Å². The van der Waals surface area contributed by atoms with Crippen molar-refractivity contribution in [3.05, 3.63) is 29.3 Å². The standard InChI is InChI=1S/C16H21N3O2S/c1-12-2-3-13(9-17)8-16(12)22(20,21)18-10-14-6-7-19(11-14)15-4-5-15/h2-3,8,14-15,18H,4-7,10-11H2,1H3. The van der Waals surface area contributed by atoms with Crippen LogP contribution in [-0.4, -0.2) is 39.0 Å². The number of sulfonamides is 1. The Bertz CT molecular complexity index is 705. The maximum Gasteiger partial charge on any atom is 0.240 e. The molecule has 0 spiro atoms. The summed E-state index contributed by atoms with van der Waals surface area (Å²) in [5.41, 5.74) is 1.03. The number of nitrogens with zero attached hydrogens (tertiary/aromatic N) is 2. The van der Waals surface area contributed by atoms with Gasteiger partial charge in [0.15, 0.2) is 0 Å². The third kappa shape index (κ3) is 3.32. The number of nitrogens with one attached hydrogen (secondary N) is 1. The highest BCUT2D eigenvalue weighted by atomic mass is 32.2. The zero-order chi connectivity index (χ0) is 15.7. The Labute approximate surface area is 132 Å². The third-order valence-corrected chi connectivity index (χ3v) is 6.11. The molecule has 0 amide bonds. The van der Waals surface area contributed by atoms with Crippen molar-refractivity contribution in [1.82, 2.24) is 9.62 Å². The number of hydrogen-bond acceptors (Lipinski definition) is 4.